The second-order valence-corrected chi connectivity index (χ2v) is 5.58. The summed E-state index contributed by atoms with van der Waals surface area (Å²) in [4.78, 5) is 37.0. The number of carbonyl (C=O) groups excluding carboxylic acids is 2. The van der Waals surface area contributed by atoms with Gasteiger partial charge in [-0.25, -0.2) is 4.79 Å². The summed E-state index contributed by atoms with van der Waals surface area (Å²) in [6, 6.07) is 5.18. The van der Waals surface area contributed by atoms with Gasteiger partial charge in [0, 0.05) is 16.7 Å². The fraction of sp³-hybridized carbons (Fsp3) is 0.167. The van der Waals surface area contributed by atoms with Crippen LogP contribution in [0.15, 0.2) is 24.3 Å². The molecule has 0 fully saturated rings. The number of hydrogen-bond acceptors (Lipinski definition) is 5. The van der Waals surface area contributed by atoms with Crippen molar-refractivity contribution in [1.82, 2.24) is 0 Å². The first-order chi connectivity index (χ1) is 11.4. The number of aromatic hydroxyl groups is 2. The molecule has 122 valence electrons. The summed E-state index contributed by atoms with van der Waals surface area (Å²) >= 11 is 0. The van der Waals surface area contributed by atoms with E-state index in [2.05, 4.69) is 0 Å². The second kappa shape index (κ2) is 5.49. The molecule has 0 unspecified atom stereocenters. The summed E-state index contributed by atoms with van der Waals surface area (Å²) in [6.45, 7) is 1.79. The van der Waals surface area contributed by atoms with E-state index in [0.29, 0.717) is 6.42 Å². The van der Waals surface area contributed by atoms with Crippen molar-refractivity contribution >= 4 is 17.5 Å². The van der Waals surface area contributed by atoms with Gasteiger partial charge in [0.05, 0.1) is 5.56 Å². The minimum atomic E-state index is -1.37. The Hall–Kier alpha value is -3.15. The Morgan fingerprint density at radius 2 is 1.71 bits per heavy atom. The quantitative estimate of drug-likeness (QED) is 0.634. The molecule has 0 atom stereocenters. The van der Waals surface area contributed by atoms with E-state index < -0.39 is 23.3 Å². The largest absolute Gasteiger partial charge is 0.507 e. The highest BCUT2D eigenvalue weighted by Crippen LogP contribution is 2.38. The van der Waals surface area contributed by atoms with Crippen LogP contribution in [0.2, 0.25) is 0 Å². The monoisotopic (exact) mass is 335 g/mol. The zero-order valence-electron chi connectivity index (χ0n) is 12.8. The molecular formula is C18H14O6. The summed E-state index contributed by atoms with van der Waals surface area (Å²) in [7, 11) is 0. The first-order valence-corrected chi connectivity index (χ1v) is 7.42. The van der Waals surface area contributed by atoms with E-state index in [1.165, 1.54) is 18.2 Å². The van der Waals surface area contributed by atoms with Crippen molar-refractivity contribution < 1.29 is 29.7 Å². The van der Waals surface area contributed by atoms with Crippen LogP contribution in [0.1, 0.15) is 61.1 Å². The van der Waals surface area contributed by atoms with E-state index in [1.807, 2.05) is 0 Å². The van der Waals surface area contributed by atoms with Gasteiger partial charge in [0.15, 0.2) is 11.6 Å². The molecule has 0 saturated carbocycles. The molecule has 24 heavy (non-hydrogen) atoms. The third-order valence-electron chi connectivity index (χ3n) is 4.11. The van der Waals surface area contributed by atoms with Crippen LogP contribution in [-0.2, 0) is 6.42 Å². The van der Waals surface area contributed by atoms with Crippen molar-refractivity contribution in [2.75, 3.05) is 0 Å². The van der Waals surface area contributed by atoms with E-state index in [-0.39, 0.29) is 45.6 Å². The van der Waals surface area contributed by atoms with Gasteiger partial charge in [-0.05, 0) is 24.1 Å². The number of ketones is 2. The highest BCUT2D eigenvalue weighted by atomic mass is 16.4. The van der Waals surface area contributed by atoms with E-state index in [4.69, 9.17) is 0 Å². The third-order valence-corrected chi connectivity index (χ3v) is 4.11. The Bertz CT molecular complexity index is 910. The first kappa shape index (κ1) is 15.7. The molecular weight excluding hydrogens is 321 g/mol. The molecule has 2 aromatic carbocycles. The second-order valence-electron chi connectivity index (χ2n) is 5.58. The molecule has 6 heteroatoms. The number of rotatable bonds is 3. The van der Waals surface area contributed by atoms with Gasteiger partial charge in [0.1, 0.15) is 17.1 Å². The number of carboxylic acids is 1. The van der Waals surface area contributed by atoms with Gasteiger partial charge in [-0.1, -0.05) is 25.5 Å². The fourth-order valence-corrected chi connectivity index (χ4v) is 3.14. The molecule has 0 radical (unpaired) electrons. The molecule has 0 heterocycles. The lowest BCUT2D eigenvalue weighted by atomic mass is 10.2. The van der Waals surface area contributed by atoms with Gasteiger partial charge in [0.2, 0.25) is 0 Å². The van der Waals surface area contributed by atoms with Crippen LogP contribution in [0.3, 0.4) is 0 Å². The molecule has 3 N–H and O–H groups in total. The van der Waals surface area contributed by atoms with Crippen molar-refractivity contribution in [3.63, 3.8) is 0 Å². The first-order valence-electron chi connectivity index (χ1n) is 7.42. The average Bonchev–Trinajstić information content (AvgIpc) is 2.51. The topological polar surface area (TPSA) is 112 Å². The van der Waals surface area contributed by atoms with Crippen LogP contribution < -0.4 is 0 Å². The zero-order valence-corrected chi connectivity index (χ0v) is 12.8. The van der Waals surface area contributed by atoms with Crippen LogP contribution in [0.25, 0.3) is 0 Å². The SMILES string of the molecule is [13CH3]C[13CH2]c1[13c](C(=O)O)c(O)[13cH]c2[13c]1C(=O)[13c]1c(O)[13cH]c[13cH]c1[13C]2=O. The molecule has 0 aliphatic heterocycles. The van der Waals surface area contributed by atoms with Gasteiger partial charge in [0.25, 0.3) is 0 Å². The number of phenols is 2. The molecule has 0 aromatic heterocycles. The fourth-order valence-electron chi connectivity index (χ4n) is 3.14. The lowest BCUT2D eigenvalue weighted by molar-refractivity contribution is 0.0692. The molecule has 1 aliphatic carbocycles. The normalized spacial score (nSPS) is 12.7. The molecule has 0 amide bonds. The molecule has 1 aliphatic rings. The zero-order chi connectivity index (χ0) is 17.6. The van der Waals surface area contributed by atoms with Crippen LogP contribution in [0, 0.1) is 0 Å². The molecule has 0 saturated heterocycles. The van der Waals surface area contributed by atoms with Gasteiger partial charge in [-0.2, -0.15) is 0 Å². The summed E-state index contributed by atoms with van der Waals surface area (Å²) in [5, 5.41) is 29.4. The number of carboxylic acid groups (broad SMARTS) is 1. The number of phenolic OH excluding ortho intramolecular Hbond substituents is 1. The van der Waals surface area contributed by atoms with Gasteiger partial charge in [-0.3, -0.25) is 9.59 Å². The van der Waals surface area contributed by atoms with Crippen LogP contribution >= 0.6 is 0 Å². The minimum Gasteiger partial charge on any atom is -0.507 e. The average molecular weight is 335 g/mol. The van der Waals surface area contributed by atoms with Crippen LogP contribution in [0.5, 0.6) is 11.5 Å². The highest BCUT2D eigenvalue weighted by Gasteiger charge is 2.36. The molecule has 2 aromatic rings. The predicted molar refractivity (Wildman–Crippen MR) is 84.0 cm³/mol. The predicted octanol–water partition coefficient (Wildman–Crippen LogP) is 2.52. The Morgan fingerprint density at radius 3 is 2.33 bits per heavy atom. The number of aromatic carboxylic acids is 1. The maximum atomic E-state index is 12.9. The molecule has 3 rings (SSSR count). The van der Waals surface area contributed by atoms with E-state index >= 15 is 0 Å². The molecule has 0 bridgehead atoms. The molecule has 0 spiro atoms. The Kier molecular flexibility index (Phi) is 3.60. The number of fused-ring (bicyclic) bond motifs is 2. The maximum Gasteiger partial charge on any atom is 0.339 e. The minimum absolute atomic E-state index is 0.0379. The number of benzene rings is 2. The highest BCUT2D eigenvalue weighted by molar-refractivity contribution is 6.30. The lowest BCUT2D eigenvalue weighted by Gasteiger charge is -2.22. The van der Waals surface area contributed by atoms with Crippen molar-refractivity contribution in [1.29, 1.82) is 0 Å². The van der Waals surface area contributed by atoms with E-state index in [9.17, 15) is 29.7 Å². The Morgan fingerprint density at radius 1 is 1.00 bits per heavy atom. The lowest BCUT2D eigenvalue weighted by Crippen LogP contribution is -2.24. The van der Waals surface area contributed by atoms with E-state index in [0.717, 1.165) is 6.07 Å². The third kappa shape index (κ3) is 2.07. The van der Waals surface area contributed by atoms with E-state index in [1.54, 1.807) is 6.92 Å². The van der Waals surface area contributed by atoms with Crippen molar-refractivity contribution in [3.05, 3.63) is 57.6 Å². The molecule has 6 nitrogen and oxygen atoms in total. The van der Waals surface area contributed by atoms with Gasteiger partial charge < -0.3 is 15.3 Å². The Balaban J connectivity index is 2.41. The summed E-state index contributed by atoms with van der Waals surface area (Å²) in [6.07, 6.45) is 0.728. The summed E-state index contributed by atoms with van der Waals surface area (Å²) in [5.41, 5.74) is -0.440. The maximum absolute atomic E-state index is 12.9. The van der Waals surface area contributed by atoms with Crippen molar-refractivity contribution in [2.24, 2.45) is 0 Å². The smallest absolute Gasteiger partial charge is 0.339 e. The van der Waals surface area contributed by atoms with Crippen molar-refractivity contribution in [2.45, 2.75) is 19.8 Å². The van der Waals surface area contributed by atoms with Gasteiger partial charge in [-0.15, -0.1) is 0 Å². The number of carbonyl (C=O) groups is 3. The van der Waals surface area contributed by atoms with Gasteiger partial charge >= 0.3 is 5.97 Å². The summed E-state index contributed by atoms with van der Waals surface area (Å²) < 4.78 is 0. The Labute approximate surface area is 137 Å². The van der Waals surface area contributed by atoms with Crippen LogP contribution in [-0.4, -0.2) is 32.9 Å². The standard InChI is InChI=1S/C18H14O6/c1-2-4-8-13-10(7-12(20)15(8)18(23)24)16(21)9-5-3-6-11(19)14(9)17(13)22/h3,5-7,19-20H,2,4H2,1H3,(H,23,24)/i1+1,4+1,5+1,6+1,7+1,13+1,14+1,15+1,16+1. The van der Waals surface area contributed by atoms with Crippen molar-refractivity contribution in [3.8, 4) is 11.5 Å². The van der Waals surface area contributed by atoms with Crippen LogP contribution in [0.4, 0.5) is 0 Å². The summed E-state index contributed by atoms with van der Waals surface area (Å²) in [5.74, 6) is -3.39. The number of hydrogen-bond donors (Lipinski definition) is 3.